The predicted molar refractivity (Wildman–Crippen MR) is 75.5 cm³/mol. The molecule has 4 heteroatoms. The normalized spacial score (nSPS) is 12.2. The Morgan fingerprint density at radius 3 is 2.30 bits per heavy atom. The van der Waals surface area contributed by atoms with Gasteiger partial charge in [-0.05, 0) is 42.3 Å². The van der Waals surface area contributed by atoms with E-state index in [4.69, 9.17) is 0 Å². The minimum atomic E-state index is -0.694. The summed E-state index contributed by atoms with van der Waals surface area (Å²) in [5.74, 6) is -0.670. The summed E-state index contributed by atoms with van der Waals surface area (Å²) >= 11 is 0. The summed E-state index contributed by atoms with van der Waals surface area (Å²) in [6.45, 7) is 2.07. The molecule has 2 aromatic rings. The molecule has 2 aromatic carbocycles. The zero-order chi connectivity index (χ0) is 14.7. The first-order chi connectivity index (χ1) is 9.47. The second-order valence-electron chi connectivity index (χ2n) is 4.87. The Morgan fingerprint density at radius 2 is 1.75 bits per heavy atom. The molecule has 0 spiro atoms. The van der Waals surface area contributed by atoms with Crippen LogP contribution in [0.2, 0.25) is 0 Å². The van der Waals surface area contributed by atoms with E-state index in [1.54, 1.807) is 43.1 Å². The first kappa shape index (κ1) is 14.5. The molecule has 106 valence electrons. The lowest BCUT2D eigenvalue weighted by Crippen LogP contribution is -2.17. The van der Waals surface area contributed by atoms with Crippen LogP contribution in [0.15, 0.2) is 42.5 Å². The second kappa shape index (κ2) is 6.01. The van der Waals surface area contributed by atoms with Crippen molar-refractivity contribution < 1.29 is 13.9 Å². The topological polar surface area (TPSA) is 23.5 Å². The molecule has 0 bridgehead atoms. The van der Waals surface area contributed by atoms with Crippen LogP contribution < -0.4 is 4.90 Å². The fourth-order valence-corrected chi connectivity index (χ4v) is 2.04. The summed E-state index contributed by atoms with van der Waals surface area (Å²) in [4.78, 5) is 1.74. The van der Waals surface area contributed by atoms with E-state index in [1.807, 2.05) is 0 Å². The summed E-state index contributed by atoms with van der Waals surface area (Å²) < 4.78 is 26.8. The van der Waals surface area contributed by atoms with Crippen LogP contribution in [0.3, 0.4) is 0 Å². The van der Waals surface area contributed by atoms with Crippen molar-refractivity contribution in [2.24, 2.45) is 0 Å². The van der Waals surface area contributed by atoms with E-state index >= 15 is 0 Å². The molecule has 0 saturated heterocycles. The van der Waals surface area contributed by atoms with Crippen LogP contribution in [0.5, 0.6) is 0 Å². The van der Waals surface area contributed by atoms with Gasteiger partial charge in [-0.1, -0.05) is 18.2 Å². The smallest absolute Gasteiger partial charge is 0.146 e. The Morgan fingerprint density at radius 1 is 1.10 bits per heavy atom. The third-order valence-corrected chi connectivity index (χ3v) is 3.20. The maximum Gasteiger partial charge on any atom is 0.146 e. The Kier molecular flexibility index (Phi) is 4.35. The molecule has 0 aliphatic carbocycles. The summed E-state index contributed by atoms with van der Waals surface area (Å²) in [6, 6.07) is 10.8. The van der Waals surface area contributed by atoms with Crippen LogP contribution >= 0.6 is 0 Å². The highest BCUT2D eigenvalue weighted by Crippen LogP contribution is 2.23. The third-order valence-electron chi connectivity index (χ3n) is 3.20. The number of nitrogens with zero attached hydrogens (tertiary/aromatic N) is 1. The average Bonchev–Trinajstić information content (AvgIpc) is 2.41. The highest BCUT2D eigenvalue weighted by atomic mass is 19.1. The number of rotatable bonds is 4. The van der Waals surface area contributed by atoms with Gasteiger partial charge in [0.05, 0.1) is 11.8 Å². The number of hydrogen-bond acceptors (Lipinski definition) is 2. The lowest BCUT2D eigenvalue weighted by molar-refractivity contribution is 0.199. The van der Waals surface area contributed by atoms with Gasteiger partial charge in [-0.25, -0.2) is 8.78 Å². The van der Waals surface area contributed by atoms with Crippen LogP contribution in [0.25, 0.3) is 0 Å². The molecule has 0 aliphatic rings. The fraction of sp³-hybridized carbons (Fsp3) is 0.250. The van der Waals surface area contributed by atoms with E-state index < -0.39 is 6.10 Å². The maximum absolute atomic E-state index is 14.0. The molecule has 0 fully saturated rings. The van der Waals surface area contributed by atoms with Gasteiger partial charge in [0.2, 0.25) is 0 Å². The Hall–Kier alpha value is -1.94. The molecule has 1 atom stereocenters. The minimum Gasteiger partial charge on any atom is -0.389 e. The van der Waals surface area contributed by atoms with Gasteiger partial charge in [-0.2, -0.15) is 0 Å². The van der Waals surface area contributed by atoms with Crippen molar-refractivity contribution in [3.63, 3.8) is 0 Å². The molecule has 1 N–H and O–H groups in total. The second-order valence-corrected chi connectivity index (χ2v) is 4.87. The van der Waals surface area contributed by atoms with E-state index in [2.05, 4.69) is 0 Å². The van der Waals surface area contributed by atoms with Crippen LogP contribution in [0, 0.1) is 11.6 Å². The monoisotopic (exact) mass is 277 g/mol. The number of anilines is 1. The van der Waals surface area contributed by atoms with Crippen LogP contribution in [-0.2, 0) is 6.54 Å². The quantitative estimate of drug-likeness (QED) is 0.922. The zero-order valence-electron chi connectivity index (χ0n) is 11.5. The van der Waals surface area contributed by atoms with Gasteiger partial charge in [-0.3, -0.25) is 0 Å². The van der Waals surface area contributed by atoms with E-state index in [9.17, 15) is 13.9 Å². The van der Waals surface area contributed by atoms with Crippen molar-refractivity contribution >= 4 is 5.69 Å². The maximum atomic E-state index is 14.0. The molecule has 0 amide bonds. The largest absolute Gasteiger partial charge is 0.389 e. The van der Waals surface area contributed by atoms with Crippen LogP contribution in [0.1, 0.15) is 24.2 Å². The molecule has 1 unspecified atom stereocenters. The first-order valence-corrected chi connectivity index (χ1v) is 6.40. The molecular formula is C16H17F2NO. The van der Waals surface area contributed by atoms with Crippen molar-refractivity contribution in [2.75, 3.05) is 11.9 Å². The van der Waals surface area contributed by atoms with Crippen molar-refractivity contribution in [3.8, 4) is 0 Å². The molecule has 20 heavy (non-hydrogen) atoms. The van der Waals surface area contributed by atoms with Crippen molar-refractivity contribution in [1.82, 2.24) is 0 Å². The molecule has 0 aliphatic heterocycles. The van der Waals surface area contributed by atoms with Crippen LogP contribution in [0.4, 0.5) is 14.5 Å². The molecule has 2 nitrogen and oxygen atoms in total. The van der Waals surface area contributed by atoms with Gasteiger partial charge in [0.15, 0.2) is 0 Å². The van der Waals surface area contributed by atoms with Gasteiger partial charge >= 0.3 is 0 Å². The lowest BCUT2D eigenvalue weighted by atomic mass is 10.1. The Bertz CT molecular complexity index is 582. The number of hydrogen-bond donors (Lipinski definition) is 1. The van der Waals surface area contributed by atoms with Gasteiger partial charge in [0.1, 0.15) is 11.6 Å². The number of aliphatic hydroxyl groups excluding tert-OH is 1. The van der Waals surface area contributed by atoms with Gasteiger partial charge in [0.25, 0.3) is 0 Å². The first-order valence-electron chi connectivity index (χ1n) is 6.40. The minimum absolute atomic E-state index is 0.288. The zero-order valence-corrected chi connectivity index (χ0v) is 11.5. The van der Waals surface area contributed by atoms with E-state index in [1.165, 1.54) is 18.2 Å². The number of benzene rings is 2. The van der Waals surface area contributed by atoms with Gasteiger partial charge in [-0.15, -0.1) is 0 Å². The molecule has 0 saturated carbocycles. The van der Waals surface area contributed by atoms with Crippen molar-refractivity contribution in [2.45, 2.75) is 19.6 Å². The van der Waals surface area contributed by atoms with E-state index in [-0.39, 0.29) is 11.6 Å². The fourth-order valence-electron chi connectivity index (χ4n) is 2.04. The van der Waals surface area contributed by atoms with E-state index in [0.29, 0.717) is 17.8 Å². The Balaban J connectivity index is 2.16. The molecule has 0 radical (unpaired) electrons. The third kappa shape index (κ3) is 3.33. The predicted octanol–water partition coefficient (Wildman–Crippen LogP) is 3.65. The summed E-state index contributed by atoms with van der Waals surface area (Å²) in [5.41, 5.74) is 1.88. The highest BCUT2D eigenvalue weighted by Gasteiger charge is 2.11. The van der Waals surface area contributed by atoms with Gasteiger partial charge in [0, 0.05) is 13.6 Å². The van der Waals surface area contributed by atoms with E-state index in [0.717, 1.165) is 5.56 Å². The van der Waals surface area contributed by atoms with Crippen molar-refractivity contribution in [1.29, 1.82) is 0 Å². The van der Waals surface area contributed by atoms with Gasteiger partial charge < -0.3 is 10.0 Å². The highest BCUT2D eigenvalue weighted by molar-refractivity contribution is 5.49. The standard InChI is InChI=1S/C16H17F2NO/c1-11(20)13-5-8-16(15(18)9-13)19(2)10-12-3-6-14(17)7-4-12/h3-9,11,20H,10H2,1-2H3. The Labute approximate surface area is 117 Å². The average molecular weight is 277 g/mol. The molecular weight excluding hydrogens is 260 g/mol. The van der Waals surface area contributed by atoms with Crippen molar-refractivity contribution in [3.05, 3.63) is 65.2 Å². The lowest BCUT2D eigenvalue weighted by Gasteiger charge is -2.21. The summed E-state index contributed by atoms with van der Waals surface area (Å²) in [7, 11) is 1.77. The number of aliphatic hydroxyl groups is 1. The summed E-state index contributed by atoms with van der Waals surface area (Å²) in [6.07, 6.45) is -0.694. The van der Waals surface area contributed by atoms with Crippen LogP contribution in [-0.4, -0.2) is 12.2 Å². The molecule has 0 aromatic heterocycles. The number of halogens is 2. The summed E-state index contributed by atoms with van der Waals surface area (Å²) in [5, 5.41) is 9.42. The molecule has 0 heterocycles. The SMILES string of the molecule is CC(O)c1ccc(N(C)Cc2ccc(F)cc2)c(F)c1. The molecule has 2 rings (SSSR count).